The number of terminal acetylenes is 1. The van der Waals surface area contributed by atoms with Crippen molar-refractivity contribution in [1.82, 2.24) is 10.3 Å². The number of pyridine rings is 1. The number of fused-ring (bicyclic) bond motifs is 7. The molecular formula is C37H60N2O2. The van der Waals surface area contributed by atoms with E-state index in [4.69, 9.17) is 0 Å². The van der Waals surface area contributed by atoms with Crippen molar-refractivity contribution in [1.29, 1.82) is 0 Å². The topological polar surface area (TPSA) is 62.2 Å². The fourth-order valence-corrected chi connectivity index (χ4v) is 10.1. The van der Waals surface area contributed by atoms with E-state index in [0.717, 1.165) is 37.2 Å². The number of hydrogen-bond donors (Lipinski definition) is 2. The third-order valence-electron chi connectivity index (χ3n) is 12.0. The van der Waals surface area contributed by atoms with E-state index < -0.39 is 0 Å². The summed E-state index contributed by atoms with van der Waals surface area (Å²) in [5.41, 5.74) is 1.16. The molecule has 1 heterocycles. The third kappa shape index (κ3) is 6.87. The van der Waals surface area contributed by atoms with Gasteiger partial charge in [0.2, 0.25) is 5.91 Å². The molecule has 8 unspecified atom stereocenters. The van der Waals surface area contributed by atoms with Crippen molar-refractivity contribution >= 4 is 5.91 Å². The first-order valence-corrected chi connectivity index (χ1v) is 16.8. The zero-order valence-electron chi connectivity index (χ0n) is 27.3. The number of nitrogens with zero attached hydrogens (tertiary/aromatic N) is 1. The van der Waals surface area contributed by atoms with Crippen LogP contribution >= 0.6 is 0 Å². The Labute approximate surface area is 252 Å². The van der Waals surface area contributed by atoms with Gasteiger partial charge in [-0.05, 0) is 117 Å². The number of aliphatic hydroxyl groups is 1. The molecule has 0 spiro atoms. The predicted molar refractivity (Wildman–Crippen MR) is 171 cm³/mol. The van der Waals surface area contributed by atoms with E-state index in [0.29, 0.717) is 41.5 Å². The summed E-state index contributed by atoms with van der Waals surface area (Å²) < 4.78 is 0. The molecule has 230 valence electrons. The van der Waals surface area contributed by atoms with Crippen molar-refractivity contribution in [3.05, 3.63) is 30.1 Å². The summed E-state index contributed by atoms with van der Waals surface area (Å²) in [5, 5.41) is 14.4. The molecule has 1 aromatic heterocycles. The number of aliphatic hydroxyl groups excluding tert-OH is 1. The quantitative estimate of drug-likeness (QED) is 0.361. The van der Waals surface area contributed by atoms with Gasteiger partial charge in [-0.1, -0.05) is 66.9 Å². The maximum absolute atomic E-state index is 14.0. The molecule has 1 aromatic rings. The minimum absolute atomic E-state index is 0.0369. The van der Waals surface area contributed by atoms with Crippen LogP contribution in [0.15, 0.2) is 24.5 Å². The highest BCUT2D eigenvalue weighted by Crippen LogP contribution is 2.63. The second-order valence-electron chi connectivity index (χ2n) is 14.3. The summed E-state index contributed by atoms with van der Waals surface area (Å²) >= 11 is 0. The molecule has 4 saturated carbocycles. The van der Waals surface area contributed by atoms with E-state index in [1.807, 2.05) is 26.1 Å². The van der Waals surface area contributed by atoms with Crippen molar-refractivity contribution in [3.63, 3.8) is 0 Å². The summed E-state index contributed by atoms with van der Waals surface area (Å²) in [6.45, 7) is 16.0. The molecule has 8 atom stereocenters. The monoisotopic (exact) mass is 564 g/mol. The lowest BCUT2D eigenvalue weighted by Gasteiger charge is -2.59. The maximum atomic E-state index is 14.0. The fraction of sp³-hybridized carbons (Fsp3) is 0.784. The number of carbonyl (C=O) groups excluding carboxylic acids is 1. The smallest absolute Gasteiger partial charge is 0.226 e. The van der Waals surface area contributed by atoms with Crippen molar-refractivity contribution < 1.29 is 9.90 Å². The van der Waals surface area contributed by atoms with Gasteiger partial charge in [0.05, 0.1) is 11.5 Å². The molecule has 0 aromatic carbocycles. The highest BCUT2D eigenvalue weighted by Gasteiger charge is 2.57. The van der Waals surface area contributed by atoms with Gasteiger partial charge < -0.3 is 10.4 Å². The van der Waals surface area contributed by atoms with Crippen LogP contribution in [-0.4, -0.2) is 22.1 Å². The Balaban J connectivity index is 0.000000868. The maximum Gasteiger partial charge on any atom is 0.226 e. The molecule has 0 radical (unpaired) electrons. The summed E-state index contributed by atoms with van der Waals surface area (Å²) in [7, 11) is 0. The first kappa shape index (κ1) is 33.6. The third-order valence-corrected chi connectivity index (χ3v) is 12.0. The van der Waals surface area contributed by atoms with Crippen molar-refractivity contribution in [3.8, 4) is 12.3 Å². The minimum Gasteiger partial charge on any atom is -0.393 e. The van der Waals surface area contributed by atoms with Gasteiger partial charge in [-0.15, -0.1) is 12.3 Å². The van der Waals surface area contributed by atoms with Crippen LogP contribution in [0.25, 0.3) is 0 Å². The lowest BCUT2D eigenvalue weighted by Crippen LogP contribution is -2.55. The molecular weight excluding hydrogens is 504 g/mol. The number of carbonyl (C=O) groups is 1. The molecule has 41 heavy (non-hydrogen) atoms. The molecule has 5 rings (SSSR count). The number of hydrogen-bond acceptors (Lipinski definition) is 3. The van der Waals surface area contributed by atoms with Gasteiger partial charge in [0.25, 0.3) is 0 Å². The van der Waals surface area contributed by atoms with Crippen LogP contribution in [0.2, 0.25) is 0 Å². The Bertz CT molecular complexity index is 1000. The highest BCUT2D eigenvalue weighted by atomic mass is 16.3. The van der Waals surface area contributed by atoms with Crippen LogP contribution in [-0.2, 0) is 11.3 Å². The summed E-state index contributed by atoms with van der Waals surface area (Å²) in [6.07, 6.45) is 22.1. The largest absolute Gasteiger partial charge is 0.393 e. The van der Waals surface area contributed by atoms with Gasteiger partial charge >= 0.3 is 0 Å². The molecule has 4 heteroatoms. The fourth-order valence-electron chi connectivity index (χ4n) is 10.1. The normalized spacial score (nSPS) is 37.6. The van der Waals surface area contributed by atoms with E-state index in [1.54, 1.807) is 13.1 Å². The lowest BCUT2D eigenvalue weighted by molar-refractivity contribution is -0.146. The zero-order valence-corrected chi connectivity index (χ0v) is 27.3. The number of amides is 1. The molecule has 4 nitrogen and oxygen atoms in total. The number of nitrogens with one attached hydrogen (secondary N) is 1. The van der Waals surface area contributed by atoms with E-state index >= 15 is 0 Å². The standard InChI is InChI=1S/C32H50N2O2.C3H4.C2H6/c1-22-8-5-16-32(29(36)34-21-23-9-7-19-33-20-23)17-6-10-26(32)24-11-13-25(22)31(4)18-15-28(35)30(2,3)27(31)14-12-24;1-3-2;1-2/h7,9,19-20,22,24-28,35H,5-6,8,10-18,21H2,1-4H3,(H,34,36);1H,2H3;1-2H3. The zero-order chi connectivity index (χ0) is 30.3. The molecule has 2 N–H and O–H groups in total. The first-order valence-electron chi connectivity index (χ1n) is 16.8. The SMILES string of the molecule is C#CC.CC.CC1CCCC2(C(=O)NCc3cccnc3)CCCC2C2CCC1C1(C)CCC(O)C(C)(C)C1CC2. The van der Waals surface area contributed by atoms with Gasteiger partial charge in [0.1, 0.15) is 0 Å². The second kappa shape index (κ2) is 14.5. The average Bonchev–Trinajstić information content (AvgIpc) is 3.38. The summed E-state index contributed by atoms with van der Waals surface area (Å²) in [5.74, 6) is 5.64. The van der Waals surface area contributed by atoms with E-state index in [9.17, 15) is 9.90 Å². The van der Waals surface area contributed by atoms with Crippen LogP contribution in [0.1, 0.15) is 131 Å². The van der Waals surface area contributed by atoms with Crippen LogP contribution < -0.4 is 5.32 Å². The Morgan fingerprint density at radius 1 is 1.02 bits per heavy atom. The van der Waals surface area contributed by atoms with Crippen molar-refractivity contribution in [2.24, 2.45) is 45.8 Å². The van der Waals surface area contributed by atoms with Crippen LogP contribution in [0, 0.1) is 58.2 Å². The summed E-state index contributed by atoms with van der Waals surface area (Å²) in [6, 6.07) is 4.00. The van der Waals surface area contributed by atoms with Crippen LogP contribution in [0.5, 0.6) is 0 Å². The van der Waals surface area contributed by atoms with E-state index in [2.05, 4.69) is 56.4 Å². The molecule has 2 bridgehead atoms. The molecule has 1 amide bonds. The molecule has 4 aliphatic carbocycles. The number of aromatic nitrogens is 1. The molecule has 4 fully saturated rings. The van der Waals surface area contributed by atoms with Crippen molar-refractivity contribution in [2.75, 3.05) is 0 Å². The first-order chi connectivity index (χ1) is 19.6. The average molecular weight is 565 g/mol. The van der Waals surface area contributed by atoms with Gasteiger partial charge in [-0.2, -0.15) is 0 Å². The van der Waals surface area contributed by atoms with Crippen LogP contribution in [0.4, 0.5) is 0 Å². The molecule has 0 saturated heterocycles. The van der Waals surface area contributed by atoms with Gasteiger partial charge in [0.15, 0.2) is 0 Å². The van der Waals surface area contributed by atoms with Gasteiger partial charge in [-0.3, -0.25) is 9.78 Å². The number of rotatable bonds is 3. The van der Waals surface area contributed by atoms with Gasteiger partial charge in [-0.25, -0.2) is 0 Å². The van der Waals surface area contributed by atoms with Crippen molar-refractivity contribution in [2.45, 2.75) is 138 Å². The highest BCUT2D eigenvalue weighted by molar-refractivity contribution is 5.83. The Morgan fingerprint density at radius 3 is 2.34 bits per heavy atom. The van der Waals surface area contributed by atoms with Gasteiger partial charge in [0, 0.05) is 18.9 Å². The van der Waals surface area contributed by atoms with E-state index in [1.165, 1.54) is 51.4 Å². The molecule has 4 aliphatic rings. The summed E-state index contributed by atoms with van der Waals surface area (Å²) in [4.78, 5) is 18.2. The second-order valence-corrected chi connectivity index (χ2v) is 14.3. The Kier molecular flexibility index (Phi) is 11.9. The van der Waals surface area contributed by atoms with Crippen LogP contribution in [0.3, 0.4) is 0 Å². The van der Waals surface area contributed by atoms with E-state index in [-0.39, 0.29) is 16.9 Å². The predicted octanol–water partition coefficient (Wildman–Crippen LogP) is 8.58. The Hall–Kier alpha value is -1.86. The minimum atomic E-state index is -0.205. The lowest BCUT2D eigenvalue weighted by atomic mass is 9.46. The Morgan fingerprint density at radius 2 is 1.68 bits per heavy atom. The molecule has 0 aliphatic heterocycles.